The molecule has 0 spiro atoms. The van der Waals surface area contributed by atoms with Crippen molar-refractivity contribution in [3.63, 3.8) is 0 Å². The topological polar surface area (TPSA) is 97.6 Å². The van der Waals surface area contributed by atoms with E-state index in [-0.39, 0.29) is 23.6 Å². The number of nitrogens with zero attached hydrogens (tertiary/aromatic N) is 7. The van der Waals surface area contributed by atoms with Crippen LogP contribution in [0.15, 0.2) is 85.1 Å². The number of likely N-dealkylation sites (N-methyl/N-ethyl adjacent to an activating group) is 1. The molecule has 1 N–H and O–H groups in total. The number of aromatic hydroxyl groups is 1. The summed E-state index contributed by atoms with van der Waals surface area (Å²) in [6.45, 7) is 9.46. The zero-order chi connectivity index (χ0) is 39.4. The molecule has 2 aromatic heterocycles. The second kappa shape index (κ2) is 15.3. The zero-order valence-corrected chi connectivity index (χ0v) is 33.5. The van der Waals surface area contributed by atoms with E-state index < -0.39 is 0 Å². The molecule has 2 atom stereocenters. The Morgan fingerprint density at radius 3 is 2.54 bits per heavy atom. The average Bonchev–Trinajstić information content (AvgIpc) is 3.75. The number of carbonyl (C=O) groups excluding carboxylic acids is 2. The summed E-state index contributed by atoms with van der Waals surface area (Å²) in [5, 5.41) is 10.6. The van der Waals surface area contributed by atoms with Crippen molar-refractivity contribution in [2.75, 3.05) is 69.3 Å². The van der Waals surface area contributed by atoms with Crippen LogP contribution in [0.25, 0.3) is 11.3 Å². The van der Waals surface area contributed by atoms with Crippen LogP contribution in [-0.4, -0.2) is 113 Å². The molecule has 2 amide bonds. The molecule has 0 saturated carbocycles. The van der Waals surface area contributed by atoms with Gasteiger partial charge in [-0.3, -0.25) is 24.3 Å². The van der Waals surface area contributed by atoms with E-state index in [0.29, 0.717) is 51.4 Å². The summed E-state index contributed by atoms with van der Waals surface area (Å²) in [4.78, 5) is 45.5. The molecule has 9 rings (SSSR count). The fourth-order valence-electron chi connectivity index (χ4n) is 9.15. The van der Waals surface area contributed by atoms with Gasteiger partial charge in [-0.15, -0.1) is 0 Å². The van der Waals surface area contributed by atoms with Gasteiger partial charge in [0.15, 0.2) is 0 Å². The minimum Gasteiger partial charge on any atom is -0.508 e. The molecule has 2 fully saturated rings. The maximum atomic E-state index is 15.1. The van der Waals surface area contributed by atoms with Crippen LogP contribution in [-0.2, 0) is 31.2 Å². The third kappa shape index (κ3) is 7.07. The maximum Gasteiger partial charge on any atom is 0.264 e. The number of aromatic nitrogens is 2. The number of carbonyl (C=O) groups is 2. The number of ether oxygens (including phenoxy) is 1. The molecular formula is C45H48ClN7O4. The lowest BCUT2D eigenvalue weighted by atomic mass is 9.92. The molecule has 12 heteroatoms. The number of amides is 2. The standard InChI is InChI=1S/C45H48ClN7O4/c1-29-40(45(56)53(34-9-11-38(54)12-10-34)35-21-31-14-15-48(2)43(31)47-24-35)23-42(49(29)3)41-22-33(46)8-13-39(41)44(55)52-25-32-7-5-4-6-30(32)20-36(52)26-50-16-17-51-18-19-57-28-37(51)27-50/h4-13,21-24,36-37,54H,14-20,25-28H2,1-3H3/t36-,37-/m0/s1. The number of piperazine rings is 1. The lowest BCUT2D eigenvalue weighted by molar-refractivity contribution is -0.0485. The number of pyridine rings is 1. The lowest BCUT2D eigenvalue weighted by Gasteiger charge is -2.46. The minimum atomic E-state index is -0.251. The third-order valence-electron chi connectivity index (χ3n) is 12.4. The number of rotatable bonds is 7. The first kappa shape index (κ1) is 37.4. The molecule has 6 heterocycles. The number of hydrogen-bond donors (Lipinski definition) is 1. The van der Waals surface area contributed by atoms with Crippen molar-refractivity contribution in [3.05, 3.63) is 124 Å². The number of fused-ring (bicyclic) bond motifs is 3. The highest BCUT2D eigenvalue weighted by Crippen LogP contribution is 2.37. The number of anilines is 3. The van der Waals surface area contributed by atoms with E-state index in [9.17, 15) is 9.90 Å². The molecule has 11 nitrogen and oxygen atoms in total. The van der Waals surface area contributed by atoms with E-state index >= 15 is 4.79 Å². The van der Waals surface area contributed by atoms with Crippen LogP contribution < -0.4 is 9.80 Å². The van der Waals surface area contributed by atoms with Gasteiger partial charge in [0, 0.05) is 105 Å². The first-order valence-corrected chi connectivity index (χ1v) is 20.2. The molecule has 0 radical (unpaired) electrons. The van der Waals surface area contributed by atoms with Gasteiger partial charge in [-0.25, -0.2) is 4.98 Å². The Kier molecular flexibility index (Phi) is 10.0. The van der Waals surface area contributed by atoms with Crippen LogP contribution >= 0.6 is 11.6 Å². The number of halogens is 1. The van der Waals surface area contributed by atoms with E-state index in [1.165, 1.54) is 5.56 Å². The third-order valence-corrected chi connectivity index (χ3v) is 12.7. The Hall–Kier alpha value is -5.20. The number of phenols is 1. The predicted molar refractivity (Wildman–Crippen MR) is 223 cm³/mol. The summed E-state index contributed by atoms with van der Waals surface area (Å²) in [5.74, 6) is 0.706. The van der Waals surface area contributed by atoms with Crippen LogP contribution in [0.3, 0.4) is 0 Å². The van der Waals surface area contributed by atoms with E-state index in [2.05, 4.69) is 32.9 Å². The first-order valence-electron chi connectivity index (χ1n) is 19.8. The fraction of sp³-hybridized carbons (Fsp3) is 0.356. The van der Waals surface area contributed by atoms with Gasteiger partial charge < -0.3 is 24.2 Å². The van der Waals surface area contributed by atoms with Crippen molar-refractivity contribution in [1.82, 2.24) is 24.3 Å². The Labute approximate surface area is 338 Å². The SMILES string of the molecule is Cc1c(C(=O)N(c2ccc(O)cc2)c2cnc3c(c2)CCN3C)cc(-c2cc(Cl)ccc2C(=O)N2Cc3ccccc3C[C@H]2CN2CCN3CCOC[C@@H]3C2)n1C. The van der Waals surface area contributed by atoms with Crippen molar-refractivity contribution < 1.29 is 19.4 Å². The minimum absolute atomic E-state index is 0.0288. The van der Waals surface area contributed by atoms with Crippen molar-refractivity contribution in [3.8, 4) is 17.0 Å². The van der Waals surface area contributed by atoms with Gasteiger partial charge in [0.05, 0.1) is 30.7 Å². The Morgan fingerprint density at radius 2 is 1.72 bits per heavy atom. The molecule has 2 saturated heterocycles. The summed E-state index contributed by atoms with van der Waals surface area (Å²) in [6, 6.07) is 24.8. The molecule has 5 aromatic rings. The van der Waals surface area contributed by atoms with E-state index in [4.69, 9.17) is 21.3 Å². The van der Waals surface area contributed by atoms with Crippen LogP contribution in [0, 0.1) is 6.92 Å². The van der Waals surface area contributed by atoms with Crippen molar-refractivity contribution in [1.29, 1.82) is 0 Å². The molecular weight excluding hydrogens is 738 g/mol. The summed E-state index contributed by atoms with van der Waals surface area (Å²) in [7, 11) is 3.94. The summed E-state index contributed by atoms with van der Waals surface area (Å²) < 4.78 is 7.81. The van der Waals surface area contributed by atoms with Gasteiger partial charge in [-0.1, -0.05) is 35.9 Å². The van der Waals surface area contributed by atoms with Crippen molar-refractivity contribution >= 4 is 40.6 Å². The Morgan fingerprint density at radius 1 is 0.912 bits per heavy atom. The largest absolute Gasteiger partial charge is 0.508 e. The highest BCUT2D eigenvalue weighted by atomic mass is 35.5. The van der Waals surface area contributed by atoms with Gasteiger partial charge in [-0.05, 0) is 91.1 Å². The average molecular weight is 786 g/mol. The van der Waals surface area contributed by atoms with Crippen LogP contribution in [0.2, 0.25) is 5.02 Å². The van der Waals surface area contributed by atoms with E-state index in [0.717, 1.165) is 88.0 Å². The number of benzene rings is 3. The zero-order valence-electron chi connectivity index (χ0n) is 32.7. The summed E-state index contributed by atoms with van der Waals surface area (Å²) >= 11 is 6.72. The molecule has 0 unspecified atom stereocenters. The first-order chi connectivity index (χ1) is 27.6. The predicted octanol–water partition coefficient (Wildman–Crippen LogP) is 6.31. The van der Waals surface area contributed by atoms with Crippen LogP contribution in [0.4, 0.5) is 17.2 Å². The molecule has 57 heavy (non-hydrogen) atoms. The van der Waals surface area contributed by atoms with Crippen LogP contribution in [0.5, 0.6) is 5.75 Å². The number of phenolic OH excluding ortho intramolecular Hbond substituents is 1. The Bertz CT molecular complexity index is 2340. The fourth-order valence-corrected chi connectivity index (χ4v) is 9.32. The van der Waals surface area contributed by atoms with Crippen LogP contribution in [0.1, 0.15) is 43.1 Å². The second-order valence-electron chi connectivity index (χ2n) is 15.9. The summed E-state index contributed by atoms with van der Waals surface area (Å²) in [5.41, 5.74) is 7.89. The molecule has 0 aliphatic carbocycles. The van der Waals surface area contributed by atoms with Gasteiger partial charge >= 0.3 is 0 Å². The van der Waals surface area contributed by atoms with Gasteiger partial charge in [0.2, 0.25) is 0 Å². The molecule has 0 bridgehead atoms. The Balaban J connectivity index is 1.07. The number of morpholine rings is 1. The second-order valence-corrected chi connectivity index (χ2v) is 16.3. The highest BCUT2D eigenvalue weighted by molar-refractivity contribution is 6.31. The molecule has 4 aliphatic rings. The van der Waals surface area contributed by atoms with Gasteiger partial charge in [0.1, 0.15) is 11.6 Å². The highest BCUT2D eigenvalue weighted by Gasteiger charge is 2.36. The van der Waals surface area contributed by atoms with Crippen molar-refractivity contribution in [2.24, 2.45) is 7.05 Å². The molecule has 3 aromatic carbocycles. The monoisotopic (exact) mass is 785 g/mol. The normalized spacial score (nSPS) is 19.6. The van der Waals surface area contributed by atoms with Gasteiger partial charge in [0.25, 0.3) is 11.8 Å². The maximum absolute atomic E-state index is 15.1. The molecule has 294 valence electrons. The van der Waals surface area contributed by atoms with E-state index in [1.54, 1.807) is 41.4 Å². The lowest BCUT2D eigenvalue weighted by Crippen LogP contribution is -2.60. The number of hydrogen-bond acceptors (Lipinski definition) is 8. The quantitative estimate of drug-likeness (QED) is 0.205. The van der Waals surface area contributed by atoms with Crippen molar-refractivity contribution in [2.45, 2.75) is 38.4 Å². The smallest absolute Gasteiger partial charge is 0.264 e. The molecule has 4 aliphatic heterocycles. The summed E-state index contributed by atoms with van der Waals surface area (Å²) in [6.07, 6.45) is 3.34. The van der Waals surface area contributed by atoms with Gasteiger partial charge in [-0.2, -0.15) is 0 Å². The van der Waals surface area contributed by atoms with E-state index in [1.807, 2.05) is 60.8 Å².